The normalized spacial score (nSPS) is 11.7. The van der Waals surface area contributed by atoms with E-state index in [1.54, 1.807) is 18.2 Å². The molecule has 0 aromatic heterocycles. The van der Waals surface area contributed by atoms with Crippen LogP contribution in [0, 0.1) is 6.92 Å². The summed E-state index contributed by atoms with van der Waals surface area (Å²) in [6, 6.07) is 7.19. The molecule has 4 heteroatoms. The average Bonchev–Trinajstić information content (AvgIpc) is 2.00. The zero-order valence-electron chi connectivity index (χ0n) is 7.43. The lowest BCUT2D eigenvalue weighted by Crippen LogP contribution is -2.15. The number of aryl methyl sites for hydroxylation is 2. The van der Waals surface area contributed by atoms with Crippen molar-refractivity contribution < 1.29 is 12.9 Å². The summed E-state index contributed by atoms with van der Waals surface area (Å²) in [4.78, 5) is 0. The molecule has 0 aliphatic carbocycles. The number of rotatable bonds is 3. The molecule has 0 N–H and O–H groups in total. The van der Waals surface area contributed by atoms with Crippen LogP contribution < -0.4 is 0 Å². The molecule has 0 saturated carbocycles. The van der Waals surface area contributed by atoms with Crippen LogP contribution in [0.25, 0.3) is 0 Å². The van der Waals surface area contributed by atoms with Crippen LogP contribution in [-0.2, 0) is 6.42 Å². The lowest BCUT2D eigenvalue weighted by molar-refractivity contribution is 0.467. The summed E-state index contributed by atoms with van der Waals surface area (Å²) in [6.45, 7) is -2.76. The van der Waals surface area contributed by atoms with Gasteiger partial charge in [0.25, 0.3) is 0 Å². The van der Waals surface area contributed by atoms with Gasteiger partial charge in [-0.25, -0.2) is 0 Å². The minimum absolute atomic E-state index is 0.102. The van der Waals surface area contributed by atoms with Gasteiger partial charge in [-0.05, 0) is 6.92 Å². The van der Waals surface area contributed by atoms with Gasteiger partial charge in [0.05, 0.1) is 0 Å². The Bertz CT molecular complexity index is 280. The summed E-state index contributed by atoms with van der Waals surface area (Å²) >= 11 is 0. The van der Waals surface area contributed by atoms with Crippen LogP contribution in [0.3, 0.4) is 0 Å². The second-order valence-electron chi connectivity index (χ2n) is 3.24. The van der Waals surface area contributed by atoms with Crippen molar-refractivity contribution in [2.45, 2.75) is 19.7 Å². The van der Waals surface area contributed by atoms with Crippen molar-refractivity contribution in [3.63, 3.8) is 0 Å². The molecule has 0 atom stereocenters. The summed E-state index contributed by atoms with van der Waals surface area (Å²) in [7, 11) is 0. The van der Waals surface area contributed by atoms with E-state index in [2.05, 4.69) is 0 Å². The number of hydrogen-bond acceptors (Lipinski definition) is 0. The number of halogens is 3. The van der Waals surface area contributed by atoms with Crippen molar-refractivity contribution in [3.05, 3.63) is 35.4 Å². The summed E-state index contributed by atoms with van der Waals surface area (Å²) in [5, 5.41) is 0. The third kappa shape index (κ3) is 4.01. The fourth-order valence-corrected chi connectivity index (χ4v) is 1.20. The fourth-order valence-electron chi connectivity index (χ4n) is 1.20. The molecule has 1 aromatic rings. The maximum atomic E-state index is 11.9. The largest absolute Gasteiger partial charge is 0.478 e. The van der Waals surface area contributed by atoms with Crippen molar-refractivity contribution in [1.29, 1.82) is 0 Å². The highest BCUT2D eigenvalue weighted by Gasteiger charge is 2.21. The van der Waals surface area contributed by atoms with Crippen LogP contribution >= 0.6 is 0 Å². The van der Waals surface area contributed by atoms with Gasteiger partial charge in [0, 0.05) is 0 Å². The SMILES string of the molecule is Cc1cccc(CC[B-](F)(F)F)c1. The Kier molecular flexibility index (Phi) is 3.01. The third-order valence-corrected chi connectivity index (χ3v) is 1.84. The Morgan fingerprint density at radius 2 is 1.92 bits per heavy atom. The van der Waals surface area contributed by atoms with E-state index in [1.165, 1.54) is 0 Å². The predicted octanol–water partition coefficient (Wildman–Crippen LogP) is 3.38. The van der Waals surface area contributed by atoms with E-state index < -0.39 is 13.3 Å². The first kappa shape index (κ1) is 10.2. The molecule has 0 radical (unpaired) electrons. The van der Waals surface area contributed by atoms with Gasteiger partial charge in [0.15, 0.2) is 0 Å². The molecule has 0 bridgehead atoms. The molecule has 0 saturated heterocycles. The molecule has 0 unspecified atom stereocenters. The first-order valence-electron chi connectivity index (χ1n) is 4.24. The molecule has 72 valence electrons. The minimum Gasteiger partial charge on any atom is -0.449 e. The summed E-state index contributed by atoms with van der Waals surface area (Å²) < 4.78 is 35.7. The topological polar surface area (TPSA) is 0 Å². The van der Waals surface area contributed by atoms with E-state index in [9.17, 15) is 12.9 Å². The predicted molar refractivity (Wildman–Crippen MR) is 48.8 cm³/mol. The van der Waals surface area contributed by atoms with Gasteiger partial charge in [-0.2, -0.15) is 0 Å². The van der Waals surface area contributed by atoms with Crippen LogP contribution in [0.15, 0.2) is 24.3 Å². The zero-order valence-corrected chi connectivity index (χ0v) is 7.43. The molecule has 1 rings (SSSR count). The Balaban J connectivity index is 2.55. The van der Waals surface area contributed by atoms with E-state index >= 15 is 0 Å². The highest BCUT2D eigenvalue weighted by Crippen LogP contribution is 2.18. The molecule has 0 nitrogen and oxygen atoms in total. The van der Waals surface area contributed by atoms with Gasteiger partial charge < -0.3 is 12.9 Å². The van der Waals surface area contributed by atoms with E-state index in [0.29, 0.717) is 0 Å². The van der Waals surface area contributed by atoms with Crippen molar-refractivity contribution in [3.8, 4) is 0 Å². The van der Waals surface area contributed by atoms with Crippen LogP contribution in [0.4, 0.5) is 12.9 Å². The Labute approximate surface area is 75.8 Å². The molecule has 0 aliphatic heterocycles. The summed E-state index contributed by atoms with van der Waals surface area (Å²) in [6.07, 6.45) is -0.575. The standard InChI is InChI=1S/C9H11BF3/c1-8-3-2-4-9(7-8)5-6-10(11,12)13/h2-4,7H,5-6H2,1H3/q-1. The van der Waals surface area contributed by atoms with Crippen molar-refractivity contribution >= 4 is 6.98 Å². The Morgan fingerprint density at radius 3 is 2.46 bits per heavy atom. The molecule has 0 fully saturated rings. The van der Waals surface area contributed by atoms with Crippen molar-refractivity contribution in [1.82, 2.24) is 0 Å². The Hall–Kier alpha value is -0.925. The first-order chi connectivity index (χ1) is 5.97. The smallest absolute Gasteiger partial charge is 0.449 e. The second kappa shape index (κ2) is 3.86. The van der Waals surface area contributed by atoms with Crippen LogP contribution in [0.2, 0.25) is 6.32 Å². The lowest BCUT2D eigenvalue weighted by atomic mass is 9.82. The second-order valence-corrected chi connectivity index (χ2v) is 3.24. The van der Waals surface area contributed by atoms with E-state index in [-0.39, 0.29) is 6.42 Å². The van der Waals surface area contributed by atoms with Gasteiger partial charge >= 0.3 is 6.98 Å². The molecule has 13 heavy (non-hydrogen) atoms. The molecule has 0 spiro atoms. The van der Waals surface area contributed by atoms with Gasteiger partial charge in [0.2, 0.25) is 0 Å². The molecule has 0 amide bonds. The zero-order chi connectivity index (χ0) is 9.90. The van der Waals surface area contributed by atoms with Crippen molar-refractivity contribution in [2.75, 3.05) is 0 Å². The first-order valence-corrected chi connectivity index (χ1v) is 4.24. The third-order valence-electron chi connectivity index (χ3n) is 1.84. The van der Waals surface area contributed by atoms with E-state index in [4.69, 9.17) is 0 Å². The molecule has 0 aliphatic rings. The van der Waals surface area contributed by atoms with Crippen LogP contribution in [0.5, 0.6) is 0 Å². The molecular formula is C9H11BF3-. The summed E-state index contributed by atoms with van der Waals surface area (Å²) in [5.41, 5.74) is 1.77. The van der Waals surface area contributed by atoms with Gasteiger partial charge in [-0.15, -0.1) is 0 Å². The Morgan fingerprint density at radius 1 is 1.23 bits per heavy atom. The lowest BCUT2D eigenvalue weighted by Gasteiger charge is -2.12. The van der Waals surface area contributed by atoms with E-state index in [1.807, 2.05) is 13.0 Å². The van der Waals surface area contributed by atoms with Crippen LogP contribution in [0.1, 0.15) is 11.1 Å². The highest BCUT2D eigenvalue weighted by atomic mass is 19.4. The number of hydrogen-bond donors (Lipinski definition) is 0. The van der Waals surface area contributed by atoms with Crippen LogP contribution in [-0.4, -0.2) is 6.98 Å². The molecular weight excluding hydrogens is 176 g/mol. The maximum absolute atomic E-state index is 11.9. The van der Waals surface area contributed by atoms with Gasteiger partial charge in [-0.1, -0.05) is 48.1 Å². The average molecular weight is 187 g/mol. The maximum Gasteiger partial charge on any atom is 0.478 e. The fraction of sp³-hybridized carbons (Fsp3) is 0.333. The quantitative estimate of drug-likeness (QED) is 0.636. The monoisotopic (exact) mass is 187 g/mol. The van der Waals surface area contributed by atoms with Gasteiger partial charge in [-0.3, -0.25) is 0 Å². The number of benzene rings is 1. The van der Waals surface area contributed by atoms with Crippen molar-refractivity contribution in [2.24, 2.45) is 0 Å². The molecule has 1 aromatic carbocycles. The highest BCUT2D eigenvalue weighted by molar-refractivity contribution is 6.58. The van der Waals surface area contributed by atoms with E-state index in [0.717, 1.165) is 11.1 Å². The van der Waals surface area contributed by atoms with Gasteiger partial charge in [0.1, 0.15) is 0 Å². The summed E-state index contributed by atoms with van der Waals surface area (Å²) in [5.74, 6) is 0. The molecule has 0 heterocycles. The minimum atomic E-state index is -4.64.